The van der Waals surface area contributed by atoms with Crippen molar-refractivity contribution >= 4 is 17.4 Å². The summed E-state index contributed by atoms with van der Waals surface area (Å²) in [5.41, 5.74) is 1.27. The van der Waals surface area contributed by atoms with Crippen LogP contribution in [0.4, 0.5) is 4.79 Å². The first-order chi connectivity index (χ1) is 11.3. The Hall–Kier alpha value is -1.11. The number of ether oxygens (including phenoxy) is 2. The number of amides is 2. The maximum Gasteiger partial charge on any atom is 0.317 e. The number of thiophene rings is 1. The molecule has 23 heavy (non-hydrogen) atoms. The zero-order valence-electron chi connectivity index (χ0n) is 13.5. The number of hydrogen-bond donors (Lipinski definition) is 1. The molecule has 1 aromatic rings. The second-order valence-electron chi connectivity index (χ2n) is 6.20. The summed E-state index contributed by atoms with van der Waals surface area (Å²) in [5, 5.41) is 7.25. The highest BCUT2D eigenvalue weighted by Gasteiger charge is 2.29. The van der Waals surface area contributed by atoms with E-state index in [4.69, 9.17) is 9.47 Å². The maximum atomic E-state index is 12.4. The van der Waals surface area contributed by atoms with Crippen LogP contribution in [0.25, 0.3) is 0 Å². The molecule has 2 atom stereocenters. The Morgan fingerprint density at radius 3 is 3.17 bits per heavy atom. The molecule has 0 aliphatic carbocycles. The van der Waals surface area contributed by atoms with Crippen LogP contribution >= 0.6 is 11.3 Å². The zero-order valence-corrected chi connectivity index (χ0v) is 14.4. The molecule has 6 heteroatoms. The van der Waals surface area contributed by atoms with Gasteiger partial charge in [-0.15, -0.1) is 0 Å². The van der Waals surface area contributed by atoms with Crippen LogP contribution in [0.2, 0.25) is 0 Å². The Bertz CT molecular complexity index is 474. The number of hydrogen-bond acceptors (Lipinski definition) is 4. The Morgan fingerprint density at radius 1 is 1.43 bits per heavy atom. The lowest BCUT2D eigenvalue weighted by molar-refractivity contribution is 0.0167. The summed E-state index contributed by atoms with van der Waals surface area (Å²) in [4.78, 5) is 14.3. The molecule has 0 saturated carbocycles. The van der Waals surface area contributed by atoms with Gasteiger partial charge in [0.2, 0.25) is 0 Å². The third-order valence-corrected chi connectivity index (χ3v) is 5.21. The molecule has 0 bridgehead atoms. The number of nitrogens with one attached hydrogen (secondary N) is 1. The number of urea groups is 1. The molecule has 1 aromatic heterocycles. The number of carbonyl (C=O) groups excluding carboxylic acids is 1. The van der Waals surface area contributed by atoms with E-state index in [0.29, 0.717) is 19.8 Å². The smallest absolute Gasteiger partial charge is 0.317 e. The molecule has 0 aromatic carbocycles. The minimum absolute atomic E-state index is 0.0535. The third-order valence-electron chi connectivity index (χ3n) is 4.51. The van der Waals surface area contributed by atoms with Gasteiger partial charge < -0.3 is 19.7 Å². The molecule has 128 valence electrons. The van der Waals surface area contributed by atoms with Crippen molar-refractivity contribution in [3.8, 4) is 0 Å². The minimum Gasteiger partial charge on any atom is -0.379 e. The van der Waals surface area contributed by atoms with Crippen molar-refractivity contribution in [3.63, 3.8) is 0 Å². The van der Waals surface area contributed by atoms with Crippen molar-refractivity contribution in [2.75, 3.05) is 32.9 Å². The van der Waals surface area contributed by atoms with Gasteiger partial charge in [-0.1, -0.05) is 0 Å². The first-order valence-corrected chi connectivity index (χ1v) is 9.55. The number of rotatable bonds is 7. The van der Waals surface area contributed by atoms with Crippen LogP contribution in [0.5, 0.6) is 0 Å². The fourth-order valence-electron chi connectivity index (χ4n) is 3.28. The quantitative estimate of drug-likeness (QED) is 0.777. The van der Waals surface area contributed by atoms with Crippen molar-refractivity contribution in [1.29, 1.82) is 0 Å². The van der Waals surface area contributed by atoms with E-state index in [1.54, 1.807) is 11.3 Å². The van der Waals surface area contributed by atoms with Gasteiger partial charge in [-0.2, -0.15) is 11.3 Å². The van der Waals surface area contributed by atoms with E-state index < -0.39 is 0 Å². The van der Waals surface area contributed by atoms with Crippen LogP contribution < -0.4 is 5.32 Å². The molecule has 0 unspecified atom stereocenters. The van der Waals surface area contributed by atoms with E-state index in [2.05, 4.69) is 22.1 Å². The molecule has 0 spiro atoms. The van der Waals surface area contributed by atoms with Crippen LogP contribution in [0.15, 0.2) is 16.8 Å². The van der Waals surface area contributed by atoms with Crippen LogP contribution in [-0.4, -0.2) is 49.9 Å². The molecule has 2 aliphatic heterocycles. The van der Waals surface area contributed by atoms with Gasteiger partial charge in [-0.3, -0.25) is 0 Å². The highest BCUT2D eigenvalue weighted by atomic mass is 32.1. The summed E-state index contributed by atoms with van der Waals surface area (Å²) in [6, 6.07) is 2.43. The second kappa shape index (κ2) is 8.66. The Balaban J connectivity index is 1.31. The topological polar surface area (TPSA) is 50.8 Å². The standard InChI is InChI=1S/C17H26N2O3S/c20-17(18-7-3-9-21-12-15-4-2-10-22-15)19-8-1-5-16(19)14-6-11-23-13-14/h6,11,13,15-16H,1-5,7-10,12H2,(H,18,20)/t15-,16+/m1/s1. The van der Waals surface area contributed by atoms with Gasteiger partial charge in [-0.05, 0) is 54.5 Å². The molecule has 1 N–H and O–H groups in total. The number of carbonyl (C=O) groups is 1. The molecular weight excluding hydrogens is 312 g/mol. The fourth-order valence-corrected chi connectivity index (χ4v) is 3.99. The molecule has 3 rings (SSSR count). The Morgan fingerprint density at radius 2 is 2.39 bits per heavy atom. The van der Waals surface area contributed by atoms with Crippen LogP contribution in [0, 0.1) is 0 Å². The van der Waals surface area contributed by atoms with Gasteiger partial charge in [0.05, 0.1) is 18.8 Å². The zero-order chi connectivity index (χ0) is 15.9. The third kappa shape index (κ3) is 4.68. The average Bonchev–Trinajstić information content (AvgIpc) is 3.32. The van der Waals surface area contributed by atoms with Crippen molar-refractivity contribution in [2.24, 2.45) is 0 Å². The first-order valence-electron chi connectivity index (χ1n) is 8.60. The van der Waals surface area contributed by atoms with Crippen molar-refractivity contribution in [2.45, 2.75) is 44.2 Å². The number of nitrogens with zero attached hydrogens (tertiary/aromatic N) is 1. The van der Waals surface area contributed by atoms with Gasteiger partial charge in [0, 0.05) is 26.3 Å². The monoisotopic (exact) mass is 338 g/mol. The molecular formula is C17H26N2O3S. The van der Waals surface area contributed by atoms with Gasteiger partial charge in [-0.25, -0.2) is 4.79 Å². The highest BCUT2D eigenvalue weighted by Crippen LogP contribution is 2.32. The summed E-state index contributed by atoms with van der Waals surface area (Å²) in [5.74, 6) is 0. The molecule has 2 aliphatic rings. The lowest BCUT2D eigenvalue weighted by atomic mass is 10.1. The maximum absolute atomic E-state index is 12.4. The van der Waals surface area contributed by atoms with Crippen molar-refractivity contribution in [3.05, 3.63) is 22.4 Å². The molecule has 5 nitrogen and oxygen atoms in total. The van der Waals surface area contributed by atoms with Crippen LogP contribution in [0.1, 0.15) is 43.7 Å². The van der Waals surface area contributed by atoms with E-state index in [9.17, 15) is 4.79 Å². The van der Waals surface area contributed by atoms with E-state index in [-0.39, 0.29) is 18.2 Å². The molecule has 3 heterocycles. The van der Waals surface area contributed by atoms with Gasteiger partial charge in [0.1, 0.15) is 0 Å². The minimum atomic E-state index is 0.0535. The van der Waals surface area contributed by atoms with Gasteiger partial charge >= 0.3 is 6.03 Å². The van der Waals surface area contributed by atoms with E-state index in [1.165, 1.54) is 5.56 Å². The second-order valence-corrected chi connectivity index (χ2v) is 6.98. The summed E-state index contributed by atoms with van der Waals surface area (Å²) in [6.45, 7) is 3.73. The van der Waals surface area contributed by atoms with E-state index in [0.717, 1.165) is 45.3 Å². The SMILES string of the molecule is O=C(NCCCOC[C@H]1CCCO1)N1CCC[C@H]1c1ccsc1. The molecule has 0 radical (unpaired) electrons. The van der Waals surface area contributed by atoms with E-state index in [1.807, 2.05) is 4.90 Å². The Labute approximate surface area is 142 Å². The highest BCUT2D eigenvalue weighted by molar-refractivity contribution is 7.07. The summed E-state index contributed by atoms with van der Waals surface area (Å²) in [6.07, 6.45) is 5.52. The van der Waals surface area contributed by atoms with Gasteiger partial charge in [0.15, 0.2) is 0 Å². The number of likely N-dealkylation sites (tertiary alicyclic amines) is 1. The largest absolute Gasteiger partial charge is 0.379 e. The summed E-state index contributed by atoms with van der Waals surface area (Å²) in [7, 11) is 0. The van der Waals surface area contributed by atoms with Crippen LogP contribution in [0.3, 0.4) is 0 Å². The molecule has 2 saturated heterocycles. The average molecular weight is 338 g/mol. The fraction of sp³-hybridized carbons (Fsp3) is 0.706. The van der Waals surface area contributed by atoms with Crippen LogP contribution in [-0.2, 0) is 9.47 Å². The van der Waals surface area contributed by atoms with E-state index >= 15 is 0 Å². The van der Waals surface area contributed by atoms with Crippen molar-refractivity contribution in [1.82, 2.24) is 10.2 Å². The molecule has 2 amide bonds. The first kappa shape index (κ1) is 16.7. The van der Waals surface area contributed by atoms with Crippen molar-refractivity contribution < 1.29 is 14.3 Å². The lowest BCUT2D eigenvalue weighted by Gasteiger charge is -2.24. The van der Waals surface area contributed by atoms with Gasteiger partial charge in [0.25, 0.3) is 0 Å². The predicted molar refractivity (Wildman–Crippen MR) is 90.8 cm³/mol. The summed E-state index contributed by atoms with van der Waals surface area (Å²) < 4.78 is 11.1. The Kier molecular flexibility index (Phi) is 6.30. The summed E-state index contributed by atoms with van der Waals surface area (Å²) >= 11 is 1.69. The molecule has 2 fully saturated rings. The lowest BCUT2D eigenvalue weighted by Crippen LogP contribution is -2.40. The normalized spacial score (nSPS) is 24.3. The predicted octanol–water partition coefficient (Wildman–Crippen LogP) is 3.18.